The Hall–Kier alpha value is -4.05. The van der Waals surface area contributed by atoms with Crippen LogP contribution in [0.15, 0.2) is 35.2 Å². The molecule has 1 saturated heterocycles. The molecule has 1 aliphatic rings. The number of hydrogen-bond acceptors (Lipinski definition) is 9. The summed E-state index contributed by atoms with van der Waals surface area (Å²) in [6.45, 7) is 14.1. The van der Waals surface area contributed by atoms with Gasteiger partial charge in [0.1, 0.15) is 23.7 Å². The van der Waals surface area contributed by atoms with E-state index in [-0.39, 0.29) is 35.2 Å². The highest BCUT2D eigenvalue weighted by Crippen LogP contribution is 2.31. The van der Waals surface area contributed by atoms with Crippen LogP contribution in [0.25, 0.3) is 0 Å². The quantitative estimate of drug-likeness (QED) is 0.105. The highest BCUT2D eigenvalue weighted by molar-refractivity contribution is 7.89. The summed E-state index contributed by atoms with van der Waals surface area (Å²) in [5.41, 5.74) is 7.11. The number of hydrogen-bond donors (Lipinski definition) is 5. The molecular formula is C39H60N6O8S. The van der Waals surface area contributed by atoms with E-state index in [4.69, 9.17) is 25.4 Å². The first-order valence-electron chi connectivity index (χ1n) is 18.4. The third kappa shape index (κ3) is 12.5. The number of benzene rings is 2. The van der Waals surface area contributed by atoms with Gasteiger partial charge in [-0.1, -0.05) is 24.3 Å². The van der Waals surface area contributed by atoms with Gasteiger partial charge in [0.2, 0.25) is 27.7 Å². The van der Waals surface area contributed by atoms with Crippen molar-refractivity contribution in [2.75, 3.05) is 40.5 Å². The maximum Gasteiger partial charge on any atom is 0.245 e. The Morgan fingerprint density at radius 1 is 0.944 bits per heavy atom. The molecule has 0 spiro atoms. The summed E-state index contributed by atoms with van der Waals surface area (Å²) in [5.74, 6) is -1.32. The smallest absolute Gasteiger partial charge is 0.245 e. The fraction of sp³-hybridized carbons (Fsp3) is 0.590. The molecule has 3 rings (SSSR count). The summed E-state index contributed by atoms with van der Waals surface area (Å²) < 4.78 is 47.6. The highest BCUT2D eigenvalue weighted by Gasteiger charge is 2.35. The lowest BCUT2D eigenvalue weighted by molar-refractivity contribution is -0.137. The van der Waals surface area contributed by atoms with Crippen molar-refractivity contribution in [2.24, 2.45) is 5.73 Å². The van der Waals surface area contributed by atoms with Crippen LogP contribution in [0.1, 0.15) is 87.6 Å². The summed E-state index contributed by atoms with van der Waals surface area (Å²) in [5, 5.41) is 13.3. The van der Waals surface area contributed by atoms with Crippen molar-refractivity contribution in [3.63, 3.8) is 0 Å². The maximum atomic E-state index is 14.2. The van der Waals surface area contributed by atoms with Gasteiger partial charge < -0.3 is 35.5 Å². The summed E-state index contributed by atoms with van der Waals surface area (Å²) in [4.78, 5) is 43.3. The first kappa shape index (κ1) is 44.3. The van der Waals surface area contributed by atoms with Crippen LogP contribution in [-0.2, 0) is 40.3 Å². The van der Waals surface area contributed by atoms with E-state index in [0.717, 1.165) is 19.3 Å². The molecular weight excluding hydrogens is 713 g/mol. The lowest BCUT2D eigenvalue weighted by Gasteiger charge is -2.32. The lowest BCUT2D eigenvalue weighted by Crippen LogP contribution is -2.56. The minimum atomic E-state index is -4.39. The van der Waals surface area contributed by atoms with E-state index in [2.05, 4.69) is 15.4 Å². The second kappa shape index (κ2) is 19.0. The number of rotatable bonds is 19. The summed E-state index contributed by atoms with van der Waals surface area (Å²) in [6.07, 6.45) is 2.80. The molecule has 300 valence electrons. The van der Waals surface area contributed by atoms with Crippen molar-refractivity contribution in [1.29, 1.82) is 5.41 Å². The van der Waals surface area contributed by atoms with Crippen LogP contribution in [0.4, 0.5) is 0 Å². The molecule has 2 unspecified atom stereocenters. The first-order chi connectivity index (χ1) is 25.2. The molecule has 0 saturated carbocycles. The van der Waals surface area contributed by atoms with Gasteiger partial charge in [-0.2, -0.15) is 4.72 Å². The Labute approximate surface area is 320 Å². The van der Waals surface area contributed by atoms with Crippen molar-refractivity contribution in [3.05, 3.63) is 58.1 Å². The monoisotopic (exact) mass is 772 g/mol. The third-order valence-electron chi connectivity index (χ3n) is 9.92. The predicted octanol–water partition coefficient (Wildman–Crippen LogP) is 3.41. The van der Waals surface area contributed by atoms with Crippen LogP contribution in [0.2, 0.25) is 0 Å². The Bertz CT molecular complexity index is 1750. The number of methoxy groups -OCH3 is 2. The number of nitrogens with one attached hydrogen (secondary N) is 4. The molecule has 15 heteroatoms. The number of nitrogens with two attached hydrogens (primary N) is 1. The van der Waals surface area contributed by atoms with Crippen molar-refractivity contribution >= 4 is 33.6 Å². The number of amides is 3. The first-order valence-corrected chi connectivity index (χ1v) is 19.8. The highest BCUT2D eigenvalue weighted by atomic mass is 32.2. The minimum Gasteiger partial charge on any atom is -0.496 e. The molecule has 6 N–H and O–H groups in total. The lowest BCUT2D eigenvalue weighted by atomic mass is 10.0. The zero-order chi connectivity index (χ0) is 40.4. The average molecular weight is 773 g/mol. The third-order valence-corrected chi connectivity index (χ3v) is 11.7. The van der Waals surface area contributed by atoms with Gasteiger partial charge in [-0.25, -0.2) is 8.42 Å². The van der Waals surface area contributed by atoms with Crippen LogP contribution in [-0.4, -0.2) is 101 Å². The fourth-order valence-corrected chi connectivity index (χ4v) is 7.96. The van der Waals surface area contributed by atoms with Crippen LogP contribution in [0, 0.1) is 26.2 Å². The van der Waals surface area contributed by atoms with E-state index >= 15 is 0 Å². The Kier molecular flexibility index (Phi) is 15.6. The number of carbonyl (C=O) groups is 3. The van der Waals surface area contributed by atoms with E-state index in [1.54, 1.807) is 63.1 Å². The molecule has 2 atom stereocenters. The van der Waals surface area contributed by atoms with Crippen LogP contribution in [0.5, 0.6) is 5.75 Å². The van der Waals surface area contributed by atoms with Crippen molar-refractivity contribution in [2.45, 2.75) is 115 Å². The van der Waals surface area contributed by atoms with E-state index in [1.165, 1.54) is 7.11 Å². The molecule has 0 radical (unpaired) electrons. The SMILES string of the molecule is COc1cc(C)c(S(=O)(=O)NC(CC(=O)NCC(C)(C)OCCC(C)(C)OC)C(=O)NC(Cc2ccc(C(=N)N)cc2)C(=O)N2CCCCC2)c(C)c1C. The van der Waals surface area contributed by atoms with Gasteiger partial charge in [0.05, 0.1) is 36.2 Å². The number of nitrogens with zero attached hydrogens (tertiary/aromatic N) is 1. The standard InChI is InChI=1S/C39H60N6O8S/c1-25-21-32(51-8)26(2)27(3)34(25)54(49,50)44-30(23-33(46)42-24-39(6,7)53-20-17-38(4,5)52-9)36(47)43-31(37(48)45-18-11-10-12-19-45)22-28-13-15-29(16-14-28)35(40)41/h13-16,21,30-31,44H,10-12,17-20,22-24H2,1-9H3,(H3,40,41)(H,42,46)(H,43,47). The normalized spacial score (nSPS) is 14.9. The van der Waals surface area contributed by atoms with Crippen molar-refractivity contribution in [1.82, 2.24) is 20.3 Å². The van der Waals surface area contributed by atoms with Crippen LogP contribution >= 0.6 is 0 Å². The Morgan fingerprint density at radius 3 is 2.15 bits per heavy atom. The van der Waals surface area contributed by atoms with Gasteiger partial charge in [0.15, 0.2) is 0 Å². The molecule has 14 nitrogen and oxygen atoms in total. The molecule has 54 heavy (non-hydrogen) atoms. The maximum absolute atomic E-state index is 14.2. The Morgan fingerprint density at radius 2 is 1.57 bits per heavy atom. The number of likely N-dealkylation sites (tertiary alicyclic amines) is 1. The molecule has 0 bridgehead atoms. The summed E-state index contributed by atoms with van der Waals surface area (Å²) in [6, 6.07) is 5.74. The predicted molar refractivity (Wildman–Crippen MR) is 208 cm³/mol. The topological polar surface area (TPSA) is 202 Å². The van der Waals surface area contributed by atoms with Gasteiger partial charge >= 0.3 is 0 Å². The molecule has 1 fully saturated rings. The van der Waals surface area contributed by atoms with E-state index in [1.807, 2.05) is 27.7 Å². The number of piperidine rings is 1. The van der Waals surface area contributed by atoms with Gasteiger partial charge in [-0.05, 0) is 102 Å². The zero-order valence-corrected chi connectivity index (χ0v) is 34.1. The van der Waals surface area contributed by atoms with Crippen LogP contribution < -0.4 is 25.8 Å². The fourth-order valence-electron chi connectivity index (χ4n) is 6.24. The molecule has 0 aromatic heterocycles. The number of sulfonamides is 1. The number of amidine groups is 1. The number of nitrogen functional groups attached to an aromatic ring is 1. The minimum absolute atomic E-state index is 0.0287. The molecule has 2 aromatic carbocycles. The second-order valence-electron chi connectivity index (χ2n) is 15.2. The molecule has 2 aromatic rings. The molecule has 3 amide bonds. The summed E-state index contributed by atoms with van der Waals surface area (Å²) in [7, 11) is -1.26. The van der Waals surface area contributed by atoms with Crippen molar-refractivity contribution < 1.29 is 37.0 Å². The zero-order valence-electron chi connectivity index (χ0n) is 33.3. The van der Waals surface area contributed by atoms with Gasteiger partial charge in [-0.15, -0.1) is 0 Å². The van der Waals surface area contributed by atoms with E-state index in [0.29, 0.717) is 59.7 Å². The number of ether oxygens (including phenoxy) is 3. The van der Waals surface area contributed by atoms with E-state index < -0.39 is 45.9 Å². The molecule has 1 aliphatic heterocycles. The van der Waals surface area contributed by atoms with E-state index in [9.17, 15) is 22.8 Å². The molecule has 1 heterocycles. The van der Waals surface area contributed by atoms with Crippen LogP contribution in [0.3, 0.4) is 0 Å². The summed E-state index contributed by atoms with van der Waals surface area (Å²) >= 11 is 0. The van der Waals surface area contributed by atoms with Crippen molar-refractivity contribution in [3.8, 4) is 5.75 Å². The largest absolute Gasteiger partial charge is 0.496 e. The van der Waals surface area contributed by atoms with Gasteiger partial charge in [0.25, 0.3) is 0 Å². The molecule has 0 aliphatic carbocycles. The number of aryl methyl sites for hydroxylation is 1. The Balaban J connectivity index is 1.93. The van der Waals surface area contributed by atoms with Gasteiger partial charge in [0, 0.05) is 38.7 Å². The van der Waals surface area contributed by atoms with Gasteiger partial charge in [-0.3, -0.25) is 19.8 Å². The second-order valence-corrected chi connectivity index (χ2v) is 16.9. The average Bonchev–Trinajstić information content (AvgIpc) is 3.11. The number of carbonyl (C=O) groups excluding carboxylic acids is 3.